The van der Waals surface area contributed by atoms with Crippen molar-refractivity contribution in [3.05, 3.63) is 118 Å². The van der Waals surface area contributed by atoms with Crippen LogP contribution in [-0.4, -0.2) is 22.4 Å². The number of ether oxygens (including phenoxy) is 1. The smallest absolute Gasteiger partial charge is 0.335 e. The summed E-state index contributed by atoms with van der Waals surface area (Å²) in [7, 11) is 0. The summed E-state index contributed by atoms with van der Waals surface area (Å²) in [6.45, 7) is 4.33. The second-order valence-electron chi connectivity index (χ2n) is 8.86. The number of barbiturate groups is 1. The average Bonchev–Trinajstić information content (AvgIpc) is 3.19. The van der Waals surface area contributed by atoms with E-state index in [1.54, 1.807) is 24.3 Å². The Bertz CT molecular complexity index is 1560. The normalized spacial score (nSPS) is 14.7. The number of amides is 4. The van der Waals surface area contributed by atoms with Gasteiger partial charge in [-0.05, 0) is 85.6 Å². The highest BCUT2D eigenvalue weighted by molar-refractivity contribution is 6.39. The van der Waals surface area contributed by atoms with Gasteiger partial charge in [0.15, 0.2) is 0 Å². The molecule has 0 atom stereocenters. The van der Waals surface area contributed by atoms with Gasteiger partial charge in [-0.3, -0.25) is 14.9 Å². The molecular formula is C30H24ClN3O4. The van der Waals surface area contributed by atoms with Gasteiger partial charge >= 0.3 is 6.03 Å². The van der Waals surface area contributed by atoms with Crippen LogP contribution in [-0.2, 0) is 16.2 Å². The van der Waals surface area contributed by atoms with Crippen LogP contribution in [0.25, 0.3) is 11.8 Å². The number of imide groups is 2. The van der Waals surface area contributed by atoms with E-state index in [-0.39, 0.29) is 5.57 Å². The minimum absolute atomic E-state index is 0.135. The molecule has 38 heavy (non-hydrogen) atoms. The summed E-state index contributed by atoms with van der Waals surface area (Å²) in [6, 6.07) is 25.0. The van der Waals surface area contributed by atoms with Gasteiger partial charge in [0.25, 0.3) is 11.8 Å². The molecule has 5 rings (SSSR count). The Labute approximate surface area is 224 Å². The Morgan fingerprint density at radius 3 is 2.21 bits per heavy atom. The number of hydrogen-bond acceptors (Lipinski definition) is 4. The van der Waals surface area contributed by atoms with E-state index in [4.69, 9.17) is 16.3 Å². The minimum atomic E-state index is -0.806. The van der Waals surface area contributed by atoms with Gasteiger partial charge in [-0.25, -0.2) is 9.69 Å². The molecular weight excluding hydrogens is 502 g/mol. The van der Waals surface area contributed by atoms with E-state index in [1.165, 1.54) is 6.08 Å². The molecule has 190 valence electrons. The number of urea groups is 1. The molecule has 1 N–H and O–H groups in total. The summed E-state index contributed by atoms with van der Waals surface area (Å²) < 4.78 is 7.92. The number of anilines is 1. The molecule has 0 unspecified atom stereocenters. The quantitative estimate of drug-likeness (QED) is 0.247. The van der Waals surface area contributed by atoms with E-state index in [0.29, 0.717) is 22.9 Å². The lowest BCUT2D eigenvalue weighted by molar-refractivity contribution is -0.122. The summed E-state index contributed by atoms with van der Waals surface area (Å²) in [6.07, 6.45) is 1.52. The Kier molecular flexibility index (Phi) is 6.85. The molecule has 1 aromatic heterocycles. The first kappa shape index (κ1) is 25.0. The second-order valence-corrected chi connectivity index (χ2v) is 9.30. The molecule has 0 radical (unpaired) electrons. The third-order valence-corrected chi connectivity index (χ3v) is 6.55. The first-order chi connectivity index (χ1) is 18.3. The minimum Gasteiger partial charge on any atom is -0.489 e. The lowest BCUT2D eigenvalue weighted by Crippen LogP contribution is -2.54. The van der Waals surface area contributed by atoms with E-state index >= 15 is 0 Å². The zero-order chi connectivity index (χ0) is 26.8. The van der Waals surface area contributed by atoms with Crippen molar-refractivity contribution in [1.29, 1.82) is 0 Å². The number of carbonyl (C=O) groups excluding carboxylic acids is 3. The molecule has 4 aromatic rings. The van der Waals surface area contributed by atoms with Gasteiger partial charge in [0.05, 0.1) is 5.69 Å². The molecule has 2 heterocycles. The fourth-order valence-corrected chi connectivity index (χ4v) is 4.53. The molecule has 3 aromatic carbocycles. The van der Waals surface area contributed by atoms with Gasteiger partial charge in [0, 0.05) is 22.1 Å². The number of halogens is 1. The maximum atomic E-state index is 13.2. The van der Waals surface area contributed by atoms with E-state index in [2.05, 4.69) is 5.32 Å². The number of carbonyl (C=O) groups is 3. The van der Waals surface area contributed by atoms with Crippen molar-refractivity contribution >= 4 is 41.2 Å². The van der Waals surface area contributed by atoms with E-state index in [1.807, 2.05) is 79.1 Å². The van der Waals surface area contributed by atoms with Crippen molar-refractivity contribution < 1.29 is 19.1 Å². The second kappa shape index (κ2) is 10.4. The van der Waals surface area contributed by atoms with Crippen LogP contribution >= 0.6 is 11.6 Å². The highest BCUT2D eigenvalue weighted by Gasteiger charge is 2.37. The van der Waals surface area contributed by atoms with Crippen molar-refractivity contribution in [2.75, 3.05) is 4.90 Å². The Balaban J connectivity index is 1.40. The fraction of sp³-hybridized carbons (Fsp3) is 0.100. The number of hydrogen-bond donors (Lipinski definition) is 1. The number of nitrogens with one attached hydrogen (secondary N) is 1. The van der Waals surface area contributed by atoms with Crippen LogP contribution in [0.4, 0.5) is 10.5 Å². The maximum absolute atomic E-state index is 13.2. The highest BCUT2D eigenvalue weighted by Crippen LogP contribution is 2.27. The Morgan fingerprint density at radius 2 is 1.53 bits per heavy atom. The van der Waals surface area contributed by atoms with Crippen LogP contribution in [0, 0.1) is 13.8 Å². The zero-order valence-corrected chi connectivity index (χ0v) is 21.5. The number of nitrogens with zero attached hydrogens (tertiary/aromatic N) is 2. The molecule has 0 saturated carbocycles. The molecule has 1 saturated heterocycles. The standard InChI is InChI=1S/C30H24ClN3O4/c1-19-16-22(17-27-28(35)32-30(37)34(29(27)36)25-10-8-23(31)9-11-25)20(2)33(19)24-12-14-26(15-13-24)38-18-21-6-4-3-5-7-21/h3-17H,18H2,1-2H3,(H,32,35,37)/b27-17+. The molecule has 1 fully saturated rings. The third kappa shape index (κ3) is 4.96. The highest BCUT2D eigenvalue weighted by atomic mass is 35.5. The largest absolute Gasteiger partial charge is 0.489 e. The number of aryl methyl sites for hydroxylation is 1. The first-order valence-electron chi connectivity index (χ1n) is 11.9. The third-order valence-electron chi connectivity index (χ3n) is 6.30. The summed E-state index contributed by atoms with van der Waals surface area (Å²) in [5, 5.41) is 2.72. The molecule has 4 amide bonds. The van der Waals surface area contributed by atoms with Crippen LogP contribution in [0.5, 0.6) is 5.75 Å². The van der Waals surface area contributed by atoms with E-state index < -0.39 is 17.8 Å². The average molecular weight is 526 g/mol. The van der Waals surface area contributed by atoms with Crippen LogP contribution in [0.3, 0.4) is 0 Å². The molecule has 1 aliphatic heterocycles. The fourth-order valence-electron chi connectivity index (χ4n) is 4.40. The van der Waals surface area contributed by atoms with Crippen LogP contribution < -0.4 is 15.0 Å². The summed E-state index contributed by atoms with van der Waals surface area (Å²) in [5.41, 5.74) is 4.62. The maximum Gasteiger partial charge on any atom is 0.335 e. The van der Waals surface area contributed by atoms with Gasteiger partial charge in [-0.15, -0.1) is 0 Å². The lowest BCUT2D eigenvalue weighted by atomic mass is 10.1. The monoisotopic (exact) mass is 525 g/mol. The van der Waals surface area contributed by atoms with Gasteiger partial charge in [0.2, 0.25) is 0 Å². The number of aromatic nitrogens is 1. The van der Waals surface area contributed by atoms with Crippen LogP contribution in [0.1, 0.15) is 22.5 Å². The van der Waals surface area contributed by atoms with Crippen LogP contribution in [0.15, 0.2) is 90.5 Å². The van der Waals surface area contributed by atoms with Crippen molar-refractivity contribution in [2.24, 2.45) is 0 Å². The number of rotatable bonds is 6. The van der Waals surface area contributed by atoms with Gasteiger partial charge in [-0.1, -0.05) is 41.9 Å². The predicted molar refractivity (Wildman–Crippen MR) is 146 cm³/mol. The van der Waals surface area contributed by atoms with E-state index in [0.717, 1.165) is 33.3 Å². The zero-order valence-electron chi connectivity index (χ0n) is 20.8. The van der Waals surface area contributed by atoms with Crippen molar-refractivity contribution in [3.8, 4) is 11.4 Å². The Hall–Kier alpha value is -4.62. The summed E-state index contributed by atoms with van der Waals surface area (Å²) in [5.74, 6) is -0.695. The van der Waals surface area contributed by atoms with Crippen LogP contribution in [0.2, 0.25) is 5.02 Å². The van der Waals surface area contributed by atoms with Gasteiger partial charge < -0.3 is 9.30 Å². The van der Waals surface area contributed by atoms with Gasteiger partial charge in [0.1, 0.15) is 17.9 Å². The van der Waals surface area contributed by atoms with Gasteiger partial charge in [-0.2, -0.15) is 0 Å². The SMILES string of the molecule is Cc1cc(/C=C2\C(=O)NC(=O)N(c3ccc(Cl)cc3)C2=O)c(C)n1-c1ccc(OCc2ccccc2)cc1. The lowest BCUT2D eigenvalue weighted by Gasteiger charge is -2.26. The van der Waals surface area contributed by atoms with Crippen molar-refractivity contribution in [3.63, 3.8) is 0 Å². The predicted octanol–water partition coefficient (Wildman–Crippen LogP) is 5.99. The topological polar surface area (TPSA) is 80.6 Å². The summed E-state index contributed by atoms with van der Waals surface area (Å²) >= 11 is 5.94. The van der Waals surface area contributed by atoms with E-state index in [9.17, 15) is 14.4 Å². The van der Waals surface area contributed by atoms with Crippen molar-refractivity contribution in [1.82, 2.24) is 9.88 Å². The van der Waals surface area contributed by atoms with Crippen molar-refractivity contribution in [2.45, 2.75) is 20.5 Å². The first-order valence-corrected chi connectivity index (χ1v) is 12.3. The number of benzene rings is 3. The molecule has 0 aliphatic carbocycles. The molecule has 7 nitrogen and oxygen atoms in total. The Morgan fingerprint density at radius 1 is 0.868 bits per heavy atom. The molecule has 0 bridgehead atoms. The molecule has 8 heteroatoms. The molecule has 0 spiro atoms. The summed E-state index contributed by atoms with van der Waals surface area (Å²) in [4.78, 5) is 39.3. The molecule has 1 aliphatic rings.